The van der Waals surface area contributed by atoms with Crippen LogP contribution in [0, 0.1) is 0 Å². The summed E-state index contributed by atoms with van der Waals surface area (Å²) < 4.78 is 0. The molecule has 3 aromatic rings. The van der Waals surface area contributed by atoms with E-state index in [1.165, 1.54) is 11.3 Å². The second-order valence-corrected chi connectivity index (χ2v) is 7.15. The van der Waals surface area contributed by atoms with Gasteiger partial charge in [0.2, 0.25) is 11.0 Å². The van der Waals surface area contributed by atoms with E-state index in [1.54, 1.807) is 17.0 Å². The van der Waals surface area contributed by atoms with Gasteiger partial charge < -0.3 is 0 Å². The standard InChI is InChI=1S/C21H21N3O2S/c1-2-3-13-24(19(26)14-16-7-5-4-6-8-16)21-23-22-20(27-21)18-11-9-17(15-25)10-12-18/h4-12,15H,2-3,13-14H2,1H3. The lowest BCUT2D eigenvalue weighted by molar-refractivity contribution is -0.118. The van der Waals surface area contributed by atoms with Gasteiger partial charge in [-0.25, -0.2) is 0 Å². The van der Waals surface area contributed by atoms with Crippen molar-refractivity contribution in [2.45, 2.75) is 26.2 Å². The molecular weight excluding hydrogens is 358 g/mol. The third kappa shape index (κ3) is 4.86. The van der Waals surface area contributed by atoms with Crippen LogP contribution >= 0.6 is 11.3 Å². The number of benzene rings is 2. The lowest BCUT2D eigenvalue weighted by Crippen LogP contribution is -2.33. The molecule has 0 bridgehead atoms. The van der Waals surface area contributed by atoms with Crippen LogP contribution in [0.3, 0.4) is 0 Å². The van der Waals surface area contributed by atoms with Crippen molar-refractivity contribution in [2.24, 2.45) is 0 Å². The molecule has 3 rings (SSSR count). The first-order valence-corrected chi connectivity index (χ1v) is 9.76. The summed E-state index contributed by atoms with van der Waals surface area (Å²) in [7, 11) is 0. The van der Waals surface area contributed by atoms with Gasteiger partial charge in [-0.05, 0) is 12.0 Å². The van der Waals surface area contributed by atoms with Gasteiger partial charge in [-0.1, -0.05) is 79.3 Å². The smallest absolute Gasteiger partial charge is 0.233 e. The Morgan fingerprint density at radius 3 is 2.48 bits per heavy atom. The molecule has 0 aliphatic heterocycles. The van der Waals surface area contributed by atoms with Crippen molar-refractivity contribution in [3.05, 3.63) is 65.7 Å². The molecule has 1 amide bonds. The number of hydrogen-bond donors (Lipinski definition) is 0. The summed E-state index contributed by atoms with van der Waals surface area (Å²) in [6.45, 7) is 2.72. The zero-order valence-corrected chi connectivity index (χ0v) is 16.0. The molecule has 0 fully saturated rings. The highest BCUT2D eigenvalue weighted by Crippen LogP contribution is 2.29. The summed E-state index contributed by atoms with van der Waals surface area (Å²) in [5, 5.41) is 9.84. The first-order chi connectivity index (χ1) is 13.2. The fraction of sp³-hybridized carbons (Fsp3) is 0.238. The van der Waals surface area contributed by atoms with Gasteiger partial charge in [-0.15, -0.1) is 10.2 Å². The molecule has 0 radical (unpaired) electrons. The maximum absolute atomic E-state index is 12.9. The molecule has 1 aromatic heterocycles. The maximum Gasteiger partial charge on any atom is 0.233 e. The van der Waals surface area contributed by atoms with E-state index in [0.29, 0.717) is 23.7 Å². The lowest BCUT2D eigenvalue weighted by Gasteiger charge is -2.19. The third-order valence-corrected chi connectivity index (χ3v) is 5.17. The van der Waals surface area contributed by atoms with E-state index in [-0.39, 0.29) is 5.91 Å². The van der Waals surface area contributed by atoms with Crippen molar-refractivity contribution >= 4 is 28.7 Å². The minimum atomic E-state index is 0.0219. The predicted octanol–water partition coefficient (Wildman–Crippen LogP) is 4.39. The summed E-state index contributed by atoms with van der Waals surface area (Å²) in [5.41, 5.74) is 2.49. The summed E-state index contributed by atoms with van der Waals surface area (Å²) in [6, 6.07) is 16.9. The first-order valence-electron chi connectivity index (χ1n) is 8.94. The van der Waals surface area contributed by atoms with Gasteiger partial charge >= 0.3 is 0 Å². The maximum atomic E-state index is 12.9. The van der Waals surface area contributed by atoms with Crippen LogP contribution in [0.1, 0.15) is 35.7 Å². The van der Waals surface area contributed by atoms with Crippen molar-refractivity contribution in [1.82, 2.24) is 10.2 Å². The summed E-state index contributed by atoms with van der Waals surface area (Å²) in [6.07, 6.45) is 3.05. The molecule has 0 saturated heterocycles. The summed E-state index contributed by atoms with van der Waals surface area (Å²) in [5.74, 6) is 0.0219. The molecule has 6 heteroatoms. The number of unbranched alkanes of at least 4 members (excludes halogenated alkanes) is 1. The summed E-state index contributed by atoms with van der Waals surface area (Å²) >= 11 is 1.39. The van der Waals surface area contributed by atoms with Gasteiger partial charge in [0, 0.05) is 17.7 Å². The molecule has 0 unspecified atom stereocenters. The number of amides is 1. The Morgan fingerprint density at radius 2 is 1.81 bits per heavy atom. The zero-order valence-electron chi connectivity index (χ0n) is 15.2. The van der Waals surface area contributed by atoms with Crippen LogP contribution in [0.25, 0.3) is 10.6 Å². The number of hydrogen-bond acceptors (Lipinski definition) is 5. The Labute approximate surface area is 162 Å². The monoisotopic (exact) mass is 379 g/mol. The van der Waals surface area contributed by atoms with Gasteiger partial charge in [-0.3, -0.25) is 14.5 Å². The minimum Gasteiger partial charge on any atom is -0.298 e. The highest BCUT2D eigenvalue weighted by atomic mass is 32.1. The highest BCUT2D eigenvalue weighted by molar-refractivity contribution is 7.18. The molecule has 138 valence electrons. The quantitative estimate of drug-likeness (QED) is 0.545. The Bertz CT molecular complexity index is 891. The van der Waals surface area contributed by atoms with Crippen molar-refractivity contribution in [3.63, 3.8) is 0 Å². The molecule has 2 aromatic carbocycles. The fourth-order valence-corrected chi connectivity index (χ4v) is 3.55. The molecule has 0 spiro atoms. The lowest BCUT2D eigenvalue weighted by atomic mass is 10.1. The van der Waals surface area contributed by atoms with Gasteiger partial charge in [0.15, 0.2) is 0 Å². The number of carbonyl (C=O) groups excluding carboxylic acids is 2. The Balaban J connectivity index is 1.81. The minimum absolute atomic E-state index is 0.0219. The van der Waals surface area contributed by atoms with Crippen molar-refractivity contribution < 1.29 is 9.59 Å². The van der Waals surface area contributed by atoms with Crippen molar-refractivity contribution in [3.8, 4) is 10.6 Å². The molecule has 0 atom stereocenters. The Kier molecular flexibility index (Phi) is 6.44. The number of aldehydes is 1. The van der Waals surface area contributed by atoms with Crippen LogP contribution in [0.5, 0.6) is 0 Å². The molecular formula is C21H21N3O2S. The zero-order chi connectivity index (χ0) is 19.1. The van der Waals surface area contributed by atoms with E-state index in [1.807, 2.05) is 42.5 Å². The van der Waals surface area contributed by atoms with Crippen molar-refractivity contribution in [2.75, 3.05) is 11.4 Å². The van der Waals surface area contributed by atoms with Gasteiger partial charge in [0.05, 0.1) is 6.42 Å². The average Bonchev–Trinajstić information content (AvgIpc) is 3.19. The SMILES string of the molecule is CCCCN(C(=O)Cc1ccccc1)c1nnc(-c2ccc(C=O)cc2)s1. The first kappa shape index (κ1) is 18.9. The van der Waals surface area contributed by atoms with Crippen LogP contribution in [-0.4, -0.2) is 28.9 Å². The van der Waals surface area contributed by atoms with Crippen molar-refractivity contribution in [1.29, 1.82) is 0 Å². The van der Waals surface area contributed by atoms with E-state index >= 15 is 0 Å². The van der Waals surface area contributed by atoms with Crippen LogP contribution < -0.4 is 4.90 Å². The molecule has 0 N–H and O–H groups in total. The van der Waals surface area contributed by atoms with E-state index < -0.39 is 0 Å². The predicted molar refractivity (Wildman–Crippen MR) is 108 cm³/mol. The van der Waals surface area contributed by atoms with Gasteiger partial charge in [0.1, 0.15) is 11.3 Å². The van der Waals surface area contributed by atoms with E-state index in [2.05, 4.69) is 17.1 Å². The second kappa shape index (κ2) is 9.19. The van der Waals surface area contributed by atoms with Crippen LogP contribution in [-0.2, 0) is 11.2 Å². The number of rotatable bonds is 8. The van der Waals surface area contributed by atoms with Crippen LogP contribution in [0.4, 0.5) is 5.13 Å². The molecule has 5 nitrogen and oxygen atoms in total. The van der Waals surface area contributed by atoms with Crippen LogP contribution in [0.15, 0.2) is 54.6 Å². The molecule has 1 heterocycles. The normalized spacial score (nSPS) is 10.6. The number of anilines is 1. The Hall–Kier alpha value is -2.86. The molecule has 0 aliphatic rings. The van der Waals surface area contributed by atoms with Gasteiger partial charge in [0.25, 0.3) is 0 Å². The van der Waals surface area contributed by atoms with E-state index in [0.717, 1.165) is 35.3 Å². The Morgan fingerprint density at radius 1 is 1.07 bits per heavy atom. The highest BCUT2D eigenvalue weighted by Gasteiger charge is 2.20. The fourth-order valence-electron chi connectivity index (χ4n) is 2.65. The van der Waals surface area contributed by atoms with Gasteiger partial charge in [-0.2, -0.15) is 0 Å². The van der Waals surface area contributed by atoms with E-state index in [4.69, 9.17) is 0 Å². The van der Waals surface area contributed by atoms with Crippen LogP contribution in [0.2, 0.25) is 0 Å². The van der Waals surface area contributed by atoms with E-state index in [9.17, 15) is 9.59 Å². The number of aromatic nitrogens is 2. The topological polar surface area (TPSA) is 63.2 Å². The molecule has 0 saturated carbocycles. The second-order valence-electron chi connectivity index (χ2n) is 6.19. The number of nitrogens with zero attached hydrogens (tertiary/aromatic N) is 3. The number of carbonyl (C=O) groups is 2. The largest absolute Gasteiger partial charge is 0.298 e. The molecule has 0 aliphatic carbocycles. The third-order valence-electron chi connectivity index (χ3n) is 4.17. The summed E-state index contributed by atoms with van der Waals surface area (Å²) in [4.78, 5) is 25.4. The molecule has 27 heavy (non-hydrogen) atoms. The average molecular weight is 379 g/mol.